The van der Waals surface area contributed by atoms with Crippen LogP contribution in [0.15, 0.2) is 0 Å². The molecule has 20 heavy (non-hydrogen) atoms. The molecule has 112 valence electrons. The second-order valence-corrected chi connectivity index (χ2v) is 6.85. The molecule has 0 N–H and O–H groups in total. The van der Waals surface area contributed by atoms with Gasteiger partial charge < -0.3 is 9.80 Å². The molecule has 0 saturated carbocycles. The van der Waals surface area contributed by atoms with Gasteiger partial charge in [-0.15, -0.1) is 0 Å². The summed E-state index contributed by atoms with van der Waals surface area (Å²) in [5.41, 5.74) is 0. The van der Waals surface area contributed by atoms with Gasteiger partial charge in [0.25, 0.3) is 0 Å². The van der Waals surface area contributed by atoms with Crippen LogP contribution in [0.1, 0.15) is 33.1 Å². The third-order valence-corrected chi connectivity index (χ3v) is 5.16. The average Bonchev–Trinajstić information content (AvgIpc) is 2.78. The zero-order chi connectivity index (χ0) is 14.7. The lowest BCUT2D eigenvalue weighted by Crippen LogP contribution is -2.46. The lowest BCUT2D eigenvalue weighted by atomic mass is 10.0. The van der Waals surface area contributed by atoms with Crippen molar-refractivity contribution < 1.29 is 14.4 Å². The van der Waals surface area contributed by atoms with Crippen LogP contribution in [0.4, 0.5) is 0 Å². The van der Waals surface area contributed by atoms with E-state index < -0.39 is 0 Å². The van der Waals surface area contributed by atoms with Gasteiger partial charge in [-0.3, -0.25) is 14.4 Å². The molecule has 0 aromatic heterocycles. The number of carbonyl (C=O) groups is 3. The summed E-state index contributed by atoms with van der Waals surface area (Å²) in [6, 6.07) is 0.269. The predicted octanol–water partition coefficient (Wildman–Crippen LogP) is 1.13. The van der Waals surface area contributed by atoms with Crippen LogP contribution in [0.5, 0.6) is 0 Å². The first-order chi connectivity index (χ1) is 9.47. The Morgan fingerprint density at radius 3 is 2.45 bits per heavy atom. The van der Waals surface area contributed by atoms with Gasteiger partial charge in [-0.2, -0.15) is 0 Å². The quantitative estimate of drug-likeness (QED) is 0.783. The van der Waals surface area contributed by atoms with Gasteiger partial charge in [-0.05, 0) is 18.8 Å². The van der Waals surface area contributed by atoms with Crippen LogP contribution < -0.4 is 0 Å². The van der Waals surface area contributed by atoms with Gasteiger partial charge >= 0.3 is 0 Å². The van der Waals surface area contributed by atoms with Gasteiger partial charge in [0.2, 0.25) is 11.8 Å². The minimum absolute atomic E-state index is 0.116. The van der Waals surface area contributed by atoms with Crippen LogP contribution in [0.2, 0.25) is 0 Å². The molecule has 0 aromatic carbocycles. The SMILES string of the molecule is CC(=O)SCC1CC(=O)N(C2CCN(C(C)=O)CC2)C1. The average molecular weight is 298 g/mol. The standard InChI is InChI=1S/C14H22N2O3S/c1-10(17)15-5-3-13(4-6-15)16-8-12(7-14(16)19)9-20-11(2)18/h12-13H,3-9H2,1-2H3. The van der Waals surface area contributed by atoms with Gasteiger partial charge in [0, 0.05) is 51.7 Å². The number of piperidine rings is 1. The Balaban J connectivity index is 1.83. The van der Waals surface area contributed by atoms with Crippen molar-refractivity contribution >= 4 is 28.7 Å². The maximum atomic E-state index is 12.1. The molecule has 1 unspecified atom stereocenters. The van der Waals surface area contributed by atoms with Crippen molar-refractivity contribution in [2.24, 2.45) is 5.92 Å². The summed E-state index contributed by atoms with van der Waals surface area (Å²) in [4.78, 5) is 38.2. The molecule has 0 aromatic rings. The van der Waals surface area contributed by atoms with Gasteiger partial charge in [0.05, 0.1) is 0 Å². The van der Waals surface area contributed by atoms with E-state index in [4.69, 9.17) is 0 Å². The second kappa shape index (κ2) is 6.61. The van der Waals surface area contributed by atoms with Gasteiger partial charge in [0.15, 0.2) is 5.12 Å². The third kappa shape index (κ3) is 3.75. The smallest absolute Gasteiger partial charge is 0.223 e. The number of hydrogen-bond donors (Lipinski definition) is 0. The van der Waals surface area contributed by atoms with Crippen molar-refractivity contribution in [3.63, 3.8) is 0 Å². The molecule has 0 bridgehead atoms. The van der Waals surface area contributed by atoms with Crippen molar-refractivity contribution in [2.75, 3.05) is 25.4 Å². The molecule has 1 atom stereocenters. The highest BCUT2D eigenvalue weighted by atomic mass is 32.2. The first-order valence-corrected chi connectivity index (χ1v) is 8.14. The van der Waals surface area contributed by atoms with E-state index in [1.165, 1.54) is 11.8 Å². The summed E-state index contributed by atoms with van der Waals surface area (Å²) in [7, 11) is 0. The second-order valence-electron chi connectivity index (χ2n) is 5.66. The molecular formula is C14H22N2O3S. The first kappa shape index (κ1) is 15.4. The van der Waals surface area contributed by atoms with E-state index in [0.29, 0.717) is 12.3 Å². The Bertz CT molecular complexity index is 405. The van der Waals surface area contributed by atoms with Crippen molar-refractivity contribution in [3.8, 4) is 0 Å². The molecule has 5 nitrogen and oxygen atoms in total. The van der Waals surface area contributed by atoms with Crippen LogP contribution in [-0.4, -0.2) is 58.2 Å². The summed E-state index contributed by atoms with van der Waals surface area (Å²) >= 11 is 1.31. The summed E-state index contributed by atoms with van der Waals surface area (Å²) < 4.78 is 0. The topological polar surface area (TPSA) is 57.7 Å². The predicted molar refractivity (Wildman–Crippen MR) is 78.2 cm³/mol. The van der Waals surface area contributed by atoms with E-state index in [1.54, 1.807) is 13.8 Å². The minimum atomic E-state index is 0.116. The van der Waals surface area contributed by atoms with Crippen molar-refractivity contribution in [2.45, 2.75) is 39.2 Å². The van der Waals surface area contributed by atoms with Crippen LogP contribution in [0.3, 0.4) is 0 Å². The maximum absolute atomic E-state index is 12.1. The van der Waals surface area contributed by atoms with Crippen molar-refractivity contribution in [1.29, 1.82) is 0 Å². The van der Waals surface area contributed by atoms with Gasteiger partial charge in [-0.1, -0.05) is 11.8 Å². The van der Waals surface area contributed by atoms with Crippen LogP contribution in [-0.2, 0) is 14.4 Å². The summed E-state index contributed by atoms with van der Waals surface area (Å²) in [5.74, 6) is 1.36. The molecule has 0 spiro atoms. The van der Waals surface area contributed by atoms with Crippen LogP contribution >= 0.6 is 11.8 Å². The fraction of sp³-hybridized carbons (Fsp3) is 0.786. The van der Waals surface area contributed by atoms with E-state index >= 15 is 0 Å². The lowest BCUT2D eigenvalue weighted by Gasteiger charge is -2.36. The Morgan fingerprint density at radius 1 is 1.25 bits per heavy atom. The number of likely N-dealkylation sites (tertiary alicyclic amines) is 2. The normalized spacial score (nSPS) is 24.3. The molecule has 0 radical (unpaired) electrons. The Hall–Kier alpha value is -1.04. The zero-order valence-electron chi connectivity index (χ0n) is 12.1. The summed E-state index contributed by atoms with van der Waals surface area (Å²) in [6.07, 6.45) is 2.31. The minimum Gasteiger partial charge on any atom is -0.343 e. The first-order valence-electron chi connectivity index (χ1n) is 7.15. The lowest BCUT2D eigenvalue weighted by molar-refractivity contribution is -0.133. The largest absolute Gasteiger partial charge is 0.343 e. The number of amides is 2. The highest BCUT2D eigenvalue weighted by Crippen LogP contribution is 2.27. The Labute approximate surface area is 124 Å². The monoisotopic (exact) mass is 298 g/mol. The molecule has 2 heterocycles. The number of carbonyl (C=O) groups excluding carboxylic acids is 3. The molecule has 2 rings (SSSR count). The zero-order valence-corrected chi connectivity index (χ0v) is 12.9. The number of hydrogen-bond acceptors (Lipinski definition) is 4. The summed E-state index contributed by atoms with van der Waals surface area (Å²) in [5, 5.41) is 0.116. The van der Waals surface area contributed by atoms with E-state index in [2.05, 4.69) is 0 Å². The molecule has 0 aliphatic carbocycles. The molecule has 2 aliphatic heterocycles. The van der Waals surface area contributed by atoms with Crippen molar-refractivity contribution in [1.82, 2.24) is 9.80 Å². The molecular weight excluding hydrogens is 276 g/mol. The van der Waals surface area contributed by atoms with E-state index in [-0.39, 0.29) is 23.0 Å². The number of thioether (sulfide) groups is 1. The van der Waals surface area contributed by atoms with E-state index in [0.717, 1.165) is 38.2 Å². The fourth-order valence-electron chi connectivity index (χ4n) is 3.00. The van der Waals surface area contributed by atoms with Crippen LogP contribution in [0, 0.1) is 5.92 Å². The molecule has 2 fully saturated rings. The number of rotatable bonds is 3. The van der Waals surface area contributed by atoms with Gasteiger partial charge in [0.1, 0.15) is 0 Å². The van der Waals surface area contributed by atoms with Gasteiger partial charge in [-0.25, -0.2) is 0 Å². The fourth-order valence-corrected chi connectivity index (χ4v) is 3.69. The highest BCUT2D eigenvalue weighted by Gasteiger charge is 2.36. The van der Waals surface area contributed by atoms with E-state index in [1.807, 2.05) is 9.80 Å². The molecule has 2 aliphatic rings. The molecule has 2 saturated heterocycles. The van der Waals surface area contributed by atoms with Crippen LogP contribution in [0.25, 0.3) is 0 Å². The Morgan fingerprint density at radius 2 is 1.90 bits per heavy atom. The summed E-state index contributed by atoms with van der Waals surface area (Å²) in [6.45, 7) is 5.42. The van der Waals surface area contributed by atoms with Crippen molar-refractivity contribution in [3.05, 3.63) is 0 Å². The molecule has 6 heteroatoms. The highest BCUT2D eigenvalue weighted by molar-refractivity contribution is 8.13. The maximum Gasteiger partial charge on any atom is 0.223 e. The third-order valence-electron chi connectivity index (χ3n) is 4.11. The Kier molecular flexibility index (Phi) is 5.07. The van der Waals surface area contributed by atoms with E-state index in [9.17, 15) is 14.4 Å². The number of nitrogens with zero attached hydrogens (tertiary/aromatic N) is 2. The molecule has 2 amide bonds.